The van der Waals surface area contributed by atoms with Crippen LogP contribution in [-0.2, 0) is 0 Å². The van der Waals surface area contributed by atoms with Crippen LogP contribution in [0.1, 0.15) is 58.8 Å². The lowest BCUT2D eigenvalue weighted by molar-refractivity contribution is 0.100. The Kier molecular flexibility index (Phi) is 8.67. The average Bonchev–Trinajstić information content (AvgIpc) is 3.17. The molecule has 1 fully saturated rings. The largest absolute Gasteiger partial charge is 0.366 e. The van der Waals surface area contributed by atoms with Gasteiger partial charge in [-0.2, -0.15) is 0 Å². The third-order valence-electron chi connectivity index (χ3n) is 5.62. The van der Waals surface area contributed by atoms with Crippen LogP contribution in [0.5, 0.6) is 0 Å². The van der Waals surface area contributed by atoms with Gasteiger partial charge in [-0.1, -0.05) is 79.4 Å². The van der Waals surface area contributed by atoms with Crippen LogP contribution in [-0.4, -0.2) is 18.5 Å². The van der Waals surface area contributed by atoms with E-state index < -0.39 is 5.91 Å². The molecule has 3 aromatic rings. The maximum atomic E-state index is 11.7. The molecule has 6 N–H and O–H groups in total. The first-order valence-corrected chi connectivity index (χ1v) is 11.9. The Morgan fingerprint density at radius 2 is 1.65 bits per heavy atom. The fourth-order valence-electron chi connectivity index (χ4n) is 3.91. The van der Waals surface area contributed by atoms with E-state index in [2.05, 4.69) is 12.1 Å². The molecule has 0 spiro atoms. The minimum Gasteiger partial charge on any atom is -0.366 e. The summed E-state index contributed by atoms with van der Waals surface area (Å²) in [4.78, 5) is 12.8. The Morgan fingerprint density at radius 3 is 2.23 bits per heavy atom. The van der Waals surface area contributed by atoms with E-state index >= 15 is 0 Å². The minimum absolute atomic E-state index is 0.0724. The van der Waals surface area contributed by atoms with Gasteiger partial charge in [-0.05, 0) is 36.1 Å². The summed E-state index contributed by atoms with van der Waals surface area (Å²) in [5, 5.41) is 0. The van der Waals surface area contributed by atoms with Crippen molar-refractivity contribution < 1.29 is 4.79 Å². The Labute approximate surface area is 193 Å². The average molecular weight is 456 g/mol. The van der Waals surface area contributed by atoms with Gasteiger partial charge in [-0.15, -0.1) is 11.3 Å². The van der Waals surface area contributed by atoms with Gasteiger partial charge in [0.1, 0.15) is 4.34 Å². The maximum Gasteiger partial charge on any atom is 0.249 e. The summed E-state index contributed by atoms with van der Waals surface area (Å²) < 4.78 is 0.632. The smallest absolute Gasteiger partial charge is 0.249 e. The van der Waals surface area contributed by atoms with Crippen molar-refractivity contribution in [1.29, 1.82) is 0 Å². The number of carbonyl (C=O) groups is 1. The molecular weight excluding hydrogens is 426 g/mol. The van der Waals surface area contributed by atoms with Gasteiger partial charge in [0.2, 0.25) is 5.91 Å². The van der Waals surface area contributed by atoms with Gasteiger partial charge in [0.05, 0.1) is 0 Å². The number of carbonyl (C=O) groups excluding carboxylic acids is 1. The highest BCUT2D eigenvalue weighted by molar-refractivity contribution is 7.17. The van der Waals surface area contributed by atoms with Crippen LogP contribution >= 0.6 is 22.9 Å². The lowest BCUT2D eigenvalue weighted by atomic mass is 9.95. The van der Waals surface area contributed by atoms with Gasteiger partial charge in [0.15, 0.2) is 0 Å². The van der Waals surface area contributed by atoms with E-state index in [4.69, 9.17) is 28.8 Å². The van der Waals surface area contributed by atoms with Gasteiger partial charge in [-0.3, -0.25) is 4.79 Å². The zero-order valence-electron chi connectivity index (χ0n) is 17.6. The molecule has 0 aliphatic heterocycles. The molecule has 6 heteroatoms. The number of benzene rings is 2. The Morgan fingerprint density at radius 1 is 1.00 bits per heavy atom. The first-order valence-electron chi connectivity index (χ1n) is 10.7. The van der Waals surface area contributed by atoms with Crippen molar-refractivity contribution in [3.05, 3.63) is 81.0 Å². The van der Waals surface area contributed by atoms with Gasteiger partial charge < -0.3 is 17.2 Å². The quantitative estimate of drug-likeness (QED) is 0.471. The molecule has 164 valence electrons. The van der Waals surface area contributed by atoms with Crippen molar-refractivity contribution in [2.75, 3.05) is 6.54 Å². The first-order chi connectivity index (χ1) is 15.0. The summed E-state index contributed by atoms with van der Waals surface area (Å²) in [5.74, 6) is -0.393. The molecular formula is C25H30ClN3OS. The molecule has 1 aromatic heterocycles. The standard InChI is InChI=1S/C19H17ClN2OS.C6H13N/c20-18-15(13-8-4-5-9-14(13)19(22)23)10-17(24-18)16(11-21)12-6-2-1-3-7-12;7-6-4-2-1-3-5-6/h1-10,16H,11,21H2,(H2,22,23);6H,1-5,7H2. The topological polar surface area (TPSA) is 95.1 Å². The normalized spacial score (nSPS) is 15.1. The highest BCUT2D eigenvalue weighted by Crippen LogP contribution is 2.41. The predicted molar refractivity (Wildman–Crippen MR) is 132 cm³/mol. The number of hydrogen-bond donors (Lipinski definition) is 3. The molecule has 4 rings (SSSR count). The number of amides is 1. The fraction of sp³-hybridized carbons (Fsp3) is 0.320. The summed E-state index contributed by atoms with van der Waals surface area (Å²) in [6.45, 7) is 0.484. The zero-order chi connectivity index (χ0) is 22.2. The van der Waals surface area contributed by atoms with Crippen LogP contribution in [0.15, 0.2) is 60.7 Å². The van der Waals surface area contributed by atoms with Crippen molar-refractivity contribution in [3.63, 3.8) is 0 Å². The van der Waals surface area contributed by atoms with E-state index in [1.54, 1.807) is 12.1 Å². The summed E-state index contributed by atoms with van der Waals surface area (Å²) in [7, 11) is 0. The number of halogens is 1. The molecule has 1 atom stereocenters. The van der Waals surface area contributed by atoms with Crippen LogP contribution < -0.4 is 17.2 Å². The number of hydrogen-bond acceptors (Lipinski definition) is 4. The maximum absolute atomic E-state index is 11.7. The van der Waals surface area contributed by atoms with Crippen LogP contribution in [0.25, 0.3) is 11.1 Å². The summed E-state index contributed by atoms with van der Waals surface area (Å²) in [6.07, 6.45) is 6.66. The first kappa shape index (κ1) is 23.5. The SMILES string of the molecule is NC1CCCCC1.NCC(c1ccccc1)c1cc(-c2ccccc2C(N)=O)c(Cl)s1. The van der Waals surface area contributed by atoms with Crippen LogP contribution in [0, 0.1) is 0 Å². The highest BCUT2D eigenvalue weighted by atomic mass is 35.5. The molecule has 0 saturated heterocycles. The predicted octanol–water partition coefficient (Wildman–Crippen LogP) is 5.54. The lowest BCUT2D eigenvalue weighted by Gasteiger charge is -2.15. The van der Waals surface area contributed by atoms with E-state index in [-0.39, 0.29) is 5.92 Å². The van der Waals surface area contributed by atoms with Crippen molar-refractivity contribution in [1.82, 2.24) is 0 Å². The molecule has 1 aliphatic rings. The monoisotopic (exact) mass is 455 g/mol. The molecule has 1 saturated carbocycles. The molecule has 31 heavy (non-hydrogen) atoms. The molecule has 0 radical (unpaired) electrons. The Bertz CT molecular complexity index is 983. The summed E-state index contributed by atoms with van der Waals surface area (Å²) in [6, 6.07) is 19.9. The van der Waals surface area contributed by atoms with Crippen molar-refractivity contribution in [3.8, 4) is 11.1 Å². The molecule has 2 aromatic carbocycles. The van der Waals surface area contributed by atoms with E-state index in [0.29, 0.717) is 22.5 Å². The van der Waals surface area contributed by atoms with Crippen molar-refractivity contribution in [2.45, 2.75) is 44.1 Å². The molecule has 1 unspecified atom stereocenters. The van der Waals surface area contributed by atoms with Crippen molar-refractivity contribution >= 4 is 28.8 Å². The Hall–Kier alpha value is -2.18. The molecule has 1 heterocycles. The van der Waals surface area contributed by atoms with E-state index in [9.17, 15) is 4.79 Å². The third kappa shape index (κ3) is 6.17. The number of primary amides is 1. The number of thiophene rings is 1. The van der Waals surface area contributed by atoms with Crippen LogP contribution in [0.3, 0.4) is 0 Å². The van der Waals surface area contributed by atoms with E-state index in [0.717, 1.165) is 21.6 Å². The second-order valence-corrected chi connectivity index (χ2v) is 9.53. The molecule has 1 aliphatic carbocycles. The minimum atomic E-state index is -0.465. The zero-order valence-corrected chi connectivity index (χ0v) is 19.2. The molecule has 1 amide bonds. The van der Waals surface area contributed by atoms with Crippen molar-refractivity contribution in [2.24, 2.45) is 17.2 Å². The molecule has 0 bridgehead atoms. The number of nitrogens with two attached hydrogens (primary N) is 3. The van der Waals surface area contributed by atoms with E-state index in [1.807, 2.05) is 36.4 Å². The molecule has 4 nitrogen and oxygen atoms in total. The fourth-order valence-corrected chi connectivity index (χ4v) is 5.37. The highest BCUT2D eigenvalue weighted by Gasteiger charge is 2.20. The second kappa shape index (κ2) is 11.4. The Balaban J connectivity index is 0.000000330. The van der Waals surface area contributed by atoms with Gasteiger partial charge in [0, 0.05) is 34.5 Å². The third-order valence-corrected chi connectivity index (χ3v) is 7.09. The van der Waals surface area contributed by atoms with E-state index in [1.165, 1.54) is 43.4 Å². The lowest BCUT2D eigenvalue weighted by Crippen LogP contribution is -2.22. The van der Waals surface area contributed by atoms with Gasteiger partial charge in [0.25, 0.3) is 0 Å². The number of rotatable bonds is 5. The van der Waals surface area contributed by atoms with Gasteiger partial charge >= 0.3 is 0 Å². The van der Waals surface area contributed by atoms with Crippen LogP contribution in [0.4, 0.5) is 0 Å². The second-order valence-electron chi connectivity index (χ2n) is 7.84. The summed E-state index contributed by atoms with van der Waals surface area (Å²) in [5.41, 5.74) is 20.3. The summed E-state index contributed by atoms with van der Waals surface area (Å²) >= 11 is 7.96. The van der Waals surface area contributed by atoms with Gasteiger partial charge in [-0.25, -0.2) is 0 Å². The van der Waals surface area contributed by atoms with Crippen LogP contribution in [0.2, 0.25) is 4.34 Å².